The summed E-state index contributed by atoms with van der Waals surface area (Å²) in [6.45, 7) is 0. The van der Waals surface area contributed by atoms with Gasteiger partial charge in [0.2, 0.25) is 5.60 Å². The summed E-state index contributed by atoms with van der Waals surface area (Å²) in [4.78, 5) is 1.55. The lowest BCUT2D eigenvalue weighted by Gasteiger charge is -2.33. The van der Waals surface area contributed by atoms with Gasteiger partial charge in [-0.15, -0.1) is 0 Å². The van der Waals surface area contributed by atoms with Crippen LogP contribution in [0.3, 0.4) is 0 Å². The van der Waals surface area contributed by atoms with E-state index in [-0.39, 0.29) is 11.1 Å². The molecule has 0 radical (unpaired) electrons. The zero-order valence-electron chi connectivity index (χ0n) is 11.0. The number of hydrogen-bond acceptors (Lipinski definition) is 3. The summed E-state index contributed by atoms with van der Waals surface area (Å²) < 4.78 is 40.6. The van der Waals surface area contributed by atoms with E-state index in [2.05, 4.69) is 0 Å². The maximum Gasteiger partial charge on any atom is 0.425 e. The zero-order valence-corrected chi connectivity index (χ0v) is 11.8. The van der Waals surface area contributed by atoms with E-state index >= 15 is 0 Å². The van der Waals surface area contributed by atoms with Crippen molar-refractivity contribution in [2.45, 2.75) is 11.8 Å². The van der Waals surface area contributed by atoms with Crippen LogP contribution in [0.4, 0.5) is 18.9 Å². The summed E-state index contributed by atoms with van der Waals surface area (Å²) in [6, 6.07) is 7.29. The number of aliphatic hydroxyl groups is 1. The molecule has 2 rings (SSSR count). The van der Waals surface area contributed by atoms with Gasteiger partial charge < -0.3 is 10.0 Å². The van der Waals surface area contributed by atoms with Crippen molar-refractivity contribution in [3.8, 4) is 0 Å². The average molecular weight is 301 g/mol. The van der Waals surface area contributed by atoms with Crippen LogP contribution >= 0.6 is 11.3 Å². The molecule has 2 aromatic rings. The number of hydrogen-bond donors (Lipinski definition) is 1. The third kappa shape index (κ3) is 2.29. The van der Waals surface area contributed by atoms with E-state index in [4.69, 9.17) is 0 Å². The summed E-state index contributed by atoms with van der Waals surface area (Å²) in [7, 11) is 3.28. The van der Waals surface area contributed by atoms with Crippen molar-refractivity contribution in [1.29, 1.82) is 0 Å². The highest BCUT2D eigenvalue weighted by Gasteiger charge is 2.57. The van der Waals surface area contributed by atoms with Gasteiger partial charge in [0.1, 0.15) is 0 Å². The Morgan fingerprint density at radius 1 is 1.10 bits per heavy atom. The molecule has 0 saturated carbocycles. The van der Waals surface area contributed by atoms with Crippen LogP contribution < -0.4 is 4.90 Å². The Bertz CT molecular complexity index is 580. The molecule has 20 heavy (non-hydrogen) atoms. The van der Waals surface area contributed by atoms with Crippen LogP contribution in [0.5, 0.6) is 0 Å². The van der Waals surface area contributed by atoms with E-state index < -0.39 is 11.8 Å². The van der Waals surface area contributed by atoms with Gasteiger partial charge in [-0.2, -0.15) is 24.5 Å². The molecule has 0 bridgehead atoms. The van der Waals surface area contributed by atoms with Crippen LogP contribution in [0, 0.1) is 0 Å². The van der Waals surface area contributed by atoms with Gasteiger partial charge in [-0.05, 0) is 22.9 Å². The second-order valence-corrected chi connectivity index (χ2v) is 5.41. The Hall–Kier alpha value is -1.53. The molecule has 1 atom stereocenters. The van der Waals surface area contributed by atoms with E-state index in [1.165, 1.54) is 29.0 Å². The summed E-state index contributed by atoms with van der Waals surface area (Å²) in [6.07, 6.45) is -4.81. The predicted octanol–water partition coefficient (Wildman–Crippen LogP) is 3.61. The first-order valence-electron chi connectivity index (χ1n) is 5.87. The molecule has 0 saturated heterocycles. The Balaban J connectivity index is 2.72. The molecule has 1 N–H and O–H groups in total. The molecule has 1 unspecified atom stereocenters. The Labute approximate surface area is 119 Å². The van der Waals surface area contributed by atoms with E-state index in [0.717, 1.165) is 11.3 Å². The molecule has 0 aliphatic rings. The van der Waals surface area contributed by atoms with E-state index in [1.807, 2.05) is 0 Å². The summed E-state index contributed by atoms with van der Waals surface area (Å²) >= 11 is 1.12. The number of alkyl halides is 3. The molecule has 0 aliphatic heterocycles. The summed E-state index contributed by atoms with van der Waals surface area (Å²) in [5, 5.41) is 13.3. The zero-order chi connectivity index (χ0) is 15.0. The van der Waals surface area contributed by atoms with Gasteiger partial charge in [-0.1, -0.05) is 18.2 Å². The van der Waals surface area contributed by atoms with E-state index in [1.54, 1.807) is 31.1 Å². The summed E-state index contributed by atoms with van der Waals surface area (Å²) in [5.74, 6) is 0. The molecule has 0 aliphatic carbocycles. The number of rotatable bonds is 3. The normalized spacial score (nSPS) is 14.9. The van der Waals surface area contributed by atoms with Crippen molar-refractivity contribution in [2.24, 2.45) is 0 Å². The molecule has 108 valence electrons. The van der Waals surface area contributed by atoms with Crippen LogP contribution in [-0.4, -0.2) is 25.4 Å². The highest BCUT2D eigenvalue weighted by Crippen LogP contribution is 2.47. The number of nitrogens with zero attached hydrogens (tertiary/aromatic N) is 1. The molecule has 1 aromatic heterocycles. The molecular formula is C14H14F3NOS. The fourth-order valence-electron chi connectivity index (χ4n) is 2.11. The molecule has 6 heteroatoms. The van der Waals surface area contributed by atoms with Crippen molar-refractivity contribution < 1.29 is 18.3 Å². The third-order valence-corrected chi connectivity index (χ3v) is 3.81. The van der Waals surface area contributed by atoms with Gasteiger partial charge in [-0.3, -0.25) is 0 Å². The van der Waals surface area contributed by atoms with Crippen LogP contribution in [0.15, 0.2) is 41.1 Å². The maximum atomic E-state index is 13.5. The molecule has 0 spiro atoms. The van der Waals surface area contributed by atoms with Crippen molar-refractivity contribution in [3.63, 3.8) is 0 Å². The molecule has 1 heterocycles. The lowest BCUT2D eigenvalue weighted by Crippen LogP contribution is -2.43. The van der Waals surface area contributed by atoms with Gasteiger partial charge in [0.15, 0.2) is 0 Å². The van der Waals surface area contributed by atoms with Crippen LogP contribution in [0.1, 0.15) is 11.1 Å². The topological polar surface area (TPSA) is 23.5 Å². The largest absolute Gasteiger partial charge is 0.425 e. The number of thiophene rings is 1. The predicted molar refractivity (Wildman–Crippen MR) is 74.1 cm³/mol. The van der Waals surface area contributed by atoms with Gasteiger partial charge in [-0.25, -0.2) is 0 Å². The van der Waals surface area contributed by atoms with E-state index in [9.17, 15) is 18.3 Å². The van der Waals surface area contributed by atoms with Gasteiger partial charge >= 0.3 is 6.18 Å². The van der Waals surface area contributed by atoms with Gasteiger partial charge in [0.05, 0.1) is 0 Å². The fraction of sp³-hybridized carbons (Fsp3) is 0.286. The first-order chi connectivity index (χ1) is 9.28. The lowest BCUT2D eigenvalue weighted by atomic mass is 9.86. The highest BCUT2D eigenvalue weighted by molar-refractivity contribution is 7.08. The highest BCUT2D eigenvalue weighted by atomic mass is 32.1. The number of anilines is 1. The monoisotopic (exact) mass is 301 g/mol. The minimum Gasteiger partial charge on any atom is -0.377 e. The number of para-hydroxylation sites is 1. The van der Waals surface area contributed by atoms with E-state index in [0.29, 0.717) is 5.69 Å². The van der Waals surface area contributed by atoms with Gasteiger partial charge in [0, 0.05) is 30.9 Å². The Kier molecular flexibility index (Phi) is 3.80. The fourth-order valence-corrected chi connectivity index (χ4v) is 2.81. The van der Waals surface area contributed by atoms with Crippen molar-refractivity contribution in [1.82, 2.24) is 0 Å². The minimum atomic E-state index is -4.81. The Morgan fingerprint density at radius 2 is 1.75 bits per heavy atom. The van der Waals surface area contributed by atoms with Crippen LogP contribution in [0.2, 0.25) is 0 Å². The molecule has 0 amide bonds. The maximum absolute atomic E-state index is 13.5. The number of halogens is 3. The molecule has 2 nitrogen and oxygen atoms in total. The molecular weight excluding hydrogens is 287 g/mol. The van der Waals surface area contributed by atoms with Crippen LogP contribution in [0.25, 0.3) is 0 Å². The molecule has 0 fully saturated rings. The van der Waals surface area contributed by atoms with Gasteiger partial charge in [0.25, 0.3) is 0 Å². The average Bonchev–Trinajstić information content (AvgIpc) is 2.90. The number of benzene rings is 1. The van der Waals surface area contributed by atoms with Crippen molar-refractivity contribution in [3.05, 3.63) is 52.2 Å². The SMILES string of the molecule is CN(C)c1ccccc1C(O)(c1ccsc1)C(F)(F)F. The van der Waals surface area contributed by atoms with Crippen molar-refractivity contribution >= 4 is 17.0 Å². The minimum absolute atomic E-state index is 0.163. The standard InChI is InChI=1S/C14H14F3NOS/c1-18(2)12-6-4-3-5-11(12)13(19,14(15,16)17)10-7-8-20-9-10/h3-9,19H,1-2H3. The van der Waals surface area contributed by atoms with Crippen LogP contribution in [-0.2, 0) is 5.60 Å². The Morgan fingerprint density at radius 3 is 2.25 bits per heavy atom. The second kappa shape index (κ2) is 5.10. The smallest absolute Gasteiger partial charge is 0.377 e. The lowest BCUT2D eigenvalue weighted by molar-refractivity contribution is -0.248. The first kappa shape index (κ1) is 14.9. The second-order valence-electron chi connectivity index (χ2n) is 4.63. The van der Waals surface area contributed by atoms with Crippen molar-refractivity contribution in [2.75, 3.05) is 19.0 Å². The first-order valence-corrected chi connectivity index (χ1v) is 6.81. The third-order valence-electron chi connectivity index (χ3n) is 3.12. The quantitative estimate of drug-likeness (QED) is 0.936. The molecule has 1 aromatic carbocycles. The summed E-state index contributed by atoms with van der Waals surface area (Å²) in [5.41, 5.74) is -3.01.